The van der Waals surface area contributed by atoms with Gasteiger partial charge in [0.2, 0.25) is 0 Å². The van der Waals surface area contributed by atoms with Crippen molar-refractivity contribution in [1.82, 2.24) is 28.2 Å². The smallest absolute Gasteiger partial charge is 0.145 e. The summed E-state index contributed by atoms with van der Waals surface area (Å²) in [5.74, 6) is 1.87. The maximum absolute atomic E-state index is 9.10. The molecule has 612 valence electrons. The van der Waals surface area contributed by atoms with E-state index in [0.717, 1.165) is 149 Å². The van der Waals surface area contributed by atoms with Crippen LogP contribution in [0.25, 0.3) is 211 Å². The molecular weight excluding hydrogens is 1630 g/mol. The summed E-state index contributed by atoms with van der Waals surface area (Å²) in [5.41, 5.74) is 29.7. The fourth-order valence-corrected chi connectivity index (χ4v) is 17.7. The first-order valence-electron chi connectivity index (χ1n) is 43.0. The van der Waals surface area contributed by atoms with Crippen molar-refractivity contribution < 1.29 is 19.0 Å². The summed E-state index contributed by atoms with van der Waals surface area (Å²) < 4.78 is 22.6. The topological polar surface area (TPSA) is 112 Å². The predicted octanol–water partition coefficient (Wildman–Crippen LogP) is 29.5. The zero-order valence-corrected chi connectivity index (χ0v) is 72.4. The minimum absolute atomic E-state index is 0.775. The normalized spacial score (nSPS) is 11.7. The van der Waals surface area contributed by atoms with Gasteiger partial charge < -0.3 is 28.2 Å². The van der Waals surface area contributed by atoms with Crippen molar-refractivity contribution in [2.75, 3.05) is 0 Å². The molecule has 0 aliphatic rings. The maximum Gasteiger partial charge on any atom is 0.145 e. The number of hydrogen-bond acceptors (Lipinski definition) is 6. The van der Waals surface area contributed by atoms with Crippen molar-refractivity contribution in [1.29, 1.82) is 0 Å². The summed E-state index contributed by atoms with van der Waals surface area (Å²) in [4.78, 5) is 9.97. The quantitative estimate of drug-likeness (QED) is 0.118. The second-order valence-corrected chi connectivity index (χ2v) is 34.4. The number of fused-ring (bicyclic) bond motifs is 14. The van der Waals surface area contributed by atoms with Gasteiger partial charge in [0, 0.05) is 81.4 Å². The number of furan rings is 2. The van der Waals surface area contributed by atoms with Gasteiger partial charge >= 0.3 is 0 Å². The Bertz CT molecular complexity index is 8240. The van der Waals surface area contributed by atoms with Crippen LogP contribution in [0.1, 0.15) is 27.7 Å². The number of aliphatic hydroxyl groups is 2. The van der Waals surface area contributed by atoms with E-state index in [4.69, 9.17) is 36.9 Å². The largest absolute Gasteiger partial charge is 0.456 e. The highest BCUT2D eigenvalue weighted by atomic mass is 79.9. The molecule has 0 spiro atoms. The molecule has 6 heterocycles. The molecule has 10 nitrogen and oxygen atoms in total. The highest BCUT2D eigenvalue weighted by molar-refractivity contribution is 9.10. The Labute approximate surface area is 750 Å². The van der Waals surface area contributed by atoms with Gasteiger partial charge in [-0.15, -0.1) is 0 Å². The fraction of sp³-hybridized carbons (Fsp3) is 0.0517. The molecule has 24 aromatic rings. The van der Waals surface area contributed by atoms with Gasteiger partial charge in [0.05, 0.1) is 55.3 Å². The van der Waals surface area contributed by atoms with Crippen molar-refractivity contribution in [2.45, 2.75) is 38.9 Å². The lowest BCUT2D eigenvalue weighted by Crippen LogP contribution is -2.44. The summed E-state index contributed by atoms with van der Waals surface area (Å²) in [5, 5.41) is 27.7. The molecule has 0 fully saturated rings. The zero-order chi connectivity index (χ0) is 86.7. The van der Waals surface area contributed by atoms with Crippen LogP contribution in [0.3, 0.4) is 0 Å². The number of para-hydroxylation sites is 10. The van der Waals surface area contributed by atoms with Crippen molar-refractivity contribution in [2.24, 2.45) is 0 Å². The van der Waals surface area contributed by atoms with E-state index in [2.05, 4.69) is 398 Å². The molecule has 0 saturated carbocycles. The molecule has 2 radical (unpaired) electrons. The molecule has 18 aromatic carbocycles. The van der Waals surface area contributed by atoms with E-state index >= 15 is 0 Å². The molecular formula is C116H84BBrN6O4. The molecule has 24 rings (SSSR count). The van der Waals surface area contributed by atoms with Gasteiger partial charge in [0.1, 0.15) is 41.8 Å². The number of nitrogens with zero attached hydrogens (tertiary/aromatic N) is 6. The highest BCUT2D eigenvalue weighted by Gasteiger charge is 2.32. The van der Waals surface area contributed by atoms with Crippen LogP contribution in [0.4, 0.5) is 0 Å². The number of hydrogen-bond donors (Lipinski definition) is 2. The highest BCUT2D eigenvalue weighted by Crippen LogP contribution is 2.43. The second kappa shape index (κ2) is 33.2. The zero-order valence-electron chi connectivity index (χ0n) is 70.8. The van der Waals surface area contributed by atoms with Gasteiger partial charge in [-0.05, 0) is 247 Å². The third-order valence-electron chi connectivity index (χ3n) is 24.7. The number of rotatable bonds is 12. The third kappa shape index (κ3) is 15.2. The van der Waals surface area contributed by atoms with E-state index in [0.29, 0.717) is 0 Å². The lowest BCUT2D eigenvalue weighted by Gasteiger charge is -2.31. The Morgan fingerprint density at radius 2 is 0.484 bits per heavy atom. The number of imidazole rings is 2. The molecule has 12 heteroatoms. The first-order chi connectivity index (χ1) is 62.5. The second-order valence-electron chi connectivity index (χ2n) is 33.5. The summed E-state index contributed by atoms with van der Waals surface area (Å²) in [6.07, 6.45) is 0. The molecule has 0 aliphatic heterocycles. The van der Waals surface area contributed by atoms with E-state index < -0.39 is 11.2 Å². The van der Waals surface area contributed by atoms with Crippen LogP contribution in [-0.4, -0.2) is 57.5 Å². The Kier molecular flexibility index (Phi) is 20.7. The molecule has 0 unspecified atom stereocenters. The van der Waals surface area contributed by atoms with Gasteiger partial charge in [-0.3, -0.25) is 9.13 Å². The summed E-state index contributed by atoms with van der Waals surface area (Å²) in [6.45, 7) is 6.31. The van der Waals surface area contributed by atoms with Crippen molar-refractivity contribution >= 4 is 139 Å². The van der Waals surface area contributed by atoms with Gasteiger partial charge in [-0.25, -0.2) is 9.97 Å². The first-order valence-corrected chi connectivity index (χ1v) is 43.8. The van der Waals surface area contributed by atoms with Gasteiger partial charge in [0.25, 0.3) is 0 Å². The fourth-order valence-electron chi connectivity index (χ4n) is 17.4. The van der Waals surface area contributed by atoms with Crippen LogP contribution in [0.2, 0.25) is 0 Å². The lowest BCUT2D eigenvalue weighted by molar-refractivity contribution is -0.107. The molecule has 0 atom stereocenters. The van der Waals surface area contributed by atoms with Crippen LogP contribution < -0.4 is 5.46 Å². The number of benzene rings is 18. The maximum atomic E-state index is 9.10. The van der Waals surface area contributed by atoms with Gasteiger partial charge in [-0.2, -0.15) is 0 Å². The molecule has 0 saturated heterocycles. The van der Waals surface area contributed by atoms with Crippen LogP contribution in [0.5, 0.6) is 0 Å². The van der Waals surface area contributed by atoms with E-state index in [1.807, 2.05) is 60.7 Å². The van der Waals surface area contributed by atoms with Crippen molar-refractivity contribution in [3.8, 4) is 101 Å². The summed E-state index contributed by atoms with van der Waals surface area (Å²) in [6, 6.07) is 149. The first kappa shape index (κ1) is 79.7. The van der Waals surface area contributed by atoms with Crippen LogP contribution in [-0.2, 0) is 0 Å². The Hall–Kier alpha value is -15.4. The van der Waals surface area contributed by atoms with E-state index in [1.54, 1.807) is 27.7 Å². The van der Waals surface area contributed by atoms with Gasteiger partial charge in [-0.1, -0.05) is 282 Å². The van der Waals surface area contributed by atoms with E-state index in [9.17, 15) is 0 Å². The predicted molar refractivity (Wildman–Crippen MR) is 536 cm³/mol. The number of halogens is 1. The minimum Gasteiger partial charge on any atom is -0.456 e. The molecule has 0 aliphatic carbocycles. The molecule has 0 amide bonds. The average Bonchev–Trinajstić information content (AvgIpc) is 1.59. The standard InChI is InChI=1S/C55H35N3O.C30H18BrNO.C25H17BN2.C6H14O2/c1-3-11-43(12-4-1)57-50-17-9-7-15-45(50)46-33-41(27-30-51(46)57)42-29-32-54-48(35-42)47-34-40(28-31-53(47)59-54)38-21-19-36(20-22-38)37-23-25-39(26-24-37)55-56-49-16-8-10-18-52(49)58(55)44-13-5-2-6-14-44;31-21-12-15-30-26(18-21)25-17-20(11-14-29(25)33-30)19-10-13-28-24(16-19)23-8-4-5-9-27(23)32(28)22-6-2-1-3-7-22;26-21-16-14-19(15-17-21)18-10-12-20(13-11-18)25-27-23-8-4-5-9-24(23)28(25)22-6-2-1-3-7-22;1-5(2,7)6(3,4)8/h1-35H;1-18H;1-17H;7-8H,1-4H3. The Balaban J connectivity index is 0.000000121. The average molecular weight is 1720 g/mol. The van der Waals surface area contributed by atoms with E-state index in [-0.39, 0.29) is 0 Å². The third-order valence-corrected chi connectivity index (χ3v) is 25.2. The van der Waals surface area contributed by atoms with Crippen LogP contribution in [0.15, 0.2) is 438 Å². The summed E-state index contributed by atoms with van der Waals surface area (Å²) >= 11 is 3.59. The Morgan fingerprint density at radius 1 is 0.234 bits per heavy atom. The molecule has 0 bridgehead atoms. The Morgan fingerprint density at radius 3 is 0.844 bits per heavy atom. The van der Waals surface area contributed by atoms with Crippen LogP contribution >= 0.6 is 15.9 Å². The lowest BCUT2D eigenvalue weighted by atomic mass is 9.90. The van der Waals surface area contributed by atoms with Crippen molar-refractivity contribution in [3.63, 3.8) is 0 Å². The summed E-state index contributed by atoms with van der Waals surface area (Å²) in [7, 11) is 5.80. The molecule has 6 aromatic heterocycles. The van der Waals surface area contributed by atoms with E-state index in [1.165, 1.54) is 71.6 Å². The minimum atomic E-state index is -1.01. The SMILES string of the molecule is Brc1ccc2oc3ccc(-c4ccc5c(c4)c4ccccc4n5-c4ccccc4)cc3c2c1.CC(C)(O)C(C)(C)O.[B]c1ccc(-c2ccc(-c3nc4ccccc4n3-c3ccccc3)cc2)cc1.c1ccc(-n2c(-c3ccc(-c4ccc(-c5ccc6oc7ccc(-c8ccc9c(c8)c8ccccc8n9-c8ccccc8)cc7c6c5)cc4)cc3)nc3ccccc32)cc1. The molecule has 128 heavy (non-hydrogen) atoms. The van der Waals surface area contributed by atoms with Crippen molar-refractivity contribution in [3.05, 3.63) is 429 Å². The molecule has 2 N–H and O–H groups in total. The van der Waals surface area contributed by atoms with Crippen LogP contribution in [0, 0.1) is 0 Å². The number of aromatic nitrogens is 6. The van der Waals surface area contributed by atoms with Gasteiger partial charge in [0.15, 0.2) is 0 Å². The monoisotopic (exact) mass is 1710 g/mol.